The van der Waals surface area contributed by atoms with E-state index in [1.807, 2.05) is 6.07 Å². The van der Waals surface area contributed by atoms with Crippen molar-refractivity contribution in [3.05, 3.63) is 29.6 Å². The minimum absolute atomic E-state index is 0.150. The van der Waals surface area contributed by atoms with Crippen LogP contribution in [0.3, 0.4) is 0 Å². The van der Waals surface area contributed by atoms with Crippen molar-refractivity contribution in [2.45, 2.75) is 45.3 Å². The van der Waals surface area contributed by atoms with Gasteiger partial charge in [-0.25, -0.2) is 4.39 Å². The number of hydrogen-bond acceptors (Lipinski definition) is 3. The Morgan fingerprint density at radius 1 is 1.38 bits per heavy atom. The lowest BCUT2D eigenvalue weighted by Crippen LogP contribution is -2.38. The van der Waals surface area contributed by atoms with Gasteiger partial charge < -0.3 is 15.1 Å². The van der Waals surface area contributed by atoms with E-state index in [4.69, 9.17) is 0 Å². The number of nitrogens with one attached hydrogen (secondary N) is 1. The van der Waals surface area contributed by atoms with Gasteiger partial charge >= 0.3 is 0 Å². The summed E-state index contributed by atoms with van der Waals surface area (Å²) in [6, 6.07) is 6.14. The lowest BCUT2D eigenvalue weighted by molar-refractivity contribution is 0.372. The molecule has 1 atom stereocenters. The summed E-state index contributed by atoms with van der Waals surface area (Å²) < 4.78 is 13.6. The molecule has 1 aromatic rings. The van der Waals surface area contributed by atoms with E-state index in [0.29, 0.717) is 12.1 Å². The zero-order valence-electron chi connectivity index (χ0n) is 13.7. The van der Waals surface area contributed by atoms with Crippen molar-refractivity contribution in [3.63, 3.8) is 0 Å². The molecule has 1 heterocycles. The average Bonchev–Trinajstić information content (AvgIpc) is 2.83. The third-order valence-corrected chi connectivity index (χ3v) is 4.00. The van der Waals surface area contributed by atoms with Gasteiger partial charge in [0.25, 0.3) is 0 Å². The maximum absolute atomic E-state index is 13.6. The van der Waals surface area contributed by atoms with E-state index in [-0.39, 0.29) is 5.82 Å². The summed E-state index contributed by atoms with van der Waals surface area (Å²) in [6.07, 6.45) is 2.43. The number of anilines is 1. The predicted octanol–water partition coefficient (Wildman–Crippen LogP) is 2.85. The summed E-state index contributed by atoms with van der Waals surface area (Å²) in [5.74, 6) is -0.150. The topological polar surface area (TPSA) is 18.5 Å². The first-order valence-corrected chi connectivity index (χ1v) is 7.90. The van der Waals surface area contributed by atoms with Gasteiger partial charge in [0.05, 0.1) is 0 Å². The number of benzene rings is 1. The molecule has 1 aliphatic rings. The van der Waals surface area contributed by atoms with Crippen LogP contribution in [0.2, 0.25) is 0 Å². The van der Waals surface area contributed by atoms with Crippen LogP contribution in [0.5, 0.6) is 0 Å². The van der Waals surface area contributed by atoms with Crippen LogP contribution in [0, 0.1) is 5.82 Å². The average molecular weight is 293 g/mol. The highest BCUT2D eigenvalue weighted by molar-refractivity contribution is 5.55. The van der Waals surface area contributed by atoms with Crippen LogP contribution in [0.1, 0.15) is 32.3 Å². The van der Waals surface area contributed by atoms with Crippen LogP contribution < -0.4 is 10.2 Å². The highest BCUT2D eigenvalue weighted by Gasteiger charge is 2.26. The van der Waals surface area contributed by atoms with Crippen molar-refractivity contribution in [2.75, 3.05) is 32.1 Å². The number of rotatable bonds is 6. The highest BCUT2D eigenvalue weighted by Crippen LogP contribution is 2.29. The van der Waals surface area contributed by atoms with Gasteiger partial charge in [-0.3, -0.25) is 0 Å². The van der Waals surface area contributed by atoms with Gasteiger partial charge in [-0.15, -0.1) is 0 Å². The molecule has 21 heavy (non-hydrogen) atoms. The number of halogens is 1. The lowest BCUT2D eigenvalue weighted by atomic mass is 10.1. The van der Waals surface area contributed by atoms with Gasteiger partial charge in [-0.1, -0.05) is 13.8 Å². The van der Waals surface area contributed by atoms with Crippen LogP contribution in [0.4, 0.5) is 10.1 Å². The fourth-order valence-electron chi connectivity index (χ4n) is 3.05. The van der Waals surface area contributed by atoms with Crippen molar-refractivity contribution in [1.29, 1.82) is 0 Å². The molecule has 1 unspecified atom stereocenters. The third-order valence-electron chi connectivity index (χ3n) is 4.00. The fraction of sp³-hybridized carbons (Fsp3) is 0.647. The summed E-state index contributed by atoms with van der Waals surface area (Å²) in [5.41, 5.74) is 2.25. The largest absolute Gasteiger partial charge is 0.367 e. The molecule has 0 aromatic heterocycles. The SMILES string of the molecule is CC(C)NCc1cc(F)ccc1N1CCCC1CN(C)C. The molecule has 0 saturated carbocycles. The summed E-state index contributed by atoms with van der Waals surface area (Å²) >= 11 is 0. The molecule has 1 fully saturated rings. The molecular weight excluding hydrogens is 265 g/mol. The number of hydrogen-bond donors (Lipinski definition) is 1. The second-order valence-electron chi connectivity index (χ2n) is 6.56. The molecule has 1 N–H and O–H groups in total. The van der Waals surface area contributed by atoms with Crippen LogP contribution in [-0.4, -0.2) is 44.2 Å². The van der Waals surface area contributed by atoms with E-state index in [2.05, 4.69) is 43.1 Å². The summed E-state index contributed by atoms with van der Waals surface area (Å²) in [5, 5.41) is 3.40. The molecule has 0 radical (unpaired) electrons. The van der Waals surface area contributed by atoms with Crippen molar-refractivity contribution >= 4 is 5.69 Å². The zero-order valence-corrected chi connectivity index (χ0v) is 13.7. The minimum Gasteiger partial charge on any atom is -0.367 e. The fourth-order valence-corrected chi connectivity index (χ4v) is 3.05. The molecule has 3 nitrogen and oxygen atoms in total. The first-order valence-electron chi connectivity index (χ1n) is 7.90. The van der Waals surface area contributed by atoms with Crippen LogP contribution in [-0.2, 0) is 6.54 Å². The Morgan fingerprint density at radius 3 is 2.81 bits per heavy atom. The Balaban J connectivity index is 2.20. The van der Waals surface area contributed by atoms with Gasteiger partial charge in [-0.05, 0) is 50.7 Å². The van der Waals surface area contributed by atoms with Gasteiger partial charge in [0.2, 0.25) is 0 Å². The normalized spacial score (nSPS) is 19.0. The minimum atomic E-state index is -0.150. The maximum atomic E-state index is 13.6. The number of likely N-dealkylation sites (N-methyl/N-ethyl adjacent to an activating group) is 1. The molecule has 0 spiro atoms. The second-order valence-corrected chi connectivity index (χ2v) is 6.56. The quantitative estimate of drug-likeness (QED) is 0.870. The van der Waals surface area contributed by atoms with E-state index in [1.165, 1.54) is 18.5 Å². The van der Waals surface area contributed by atoms with Crippen LogP contribution in [0.15, 0.2) is 18.2 Å². The van der Waals surface area contributed by atoms with Crippen LogP contribution >= 0.6 is 0 Å². The maximum Gasteiger partial charge on any atom is 0.123 e. The standard InChI is InChI=1S/C17H28FN3/c1-13(2)19-11-14-10-15(18)7-8-17(14)21-9-5-6-16(21)12-20(3)4/h7-8,10,13,16,19H,5-6,9,11-12H2,1-4H3. The van der Waals surface area contributed by atoms with E-state index in [0.717, 1.165) is 25.2 Å². The third kappa shape index (κ3) is 4.42. The van der Waals surface area contributed by atoms with Crippen molar-refractivity contribution in [1.82, 2.24) is 10.2 Å². The van der Waals surface area contributed by atoms with E-state index in [9.17, 15) is 4.39 Å². The van der Waals surface area contributed by atoms with Crippen molar-refractivity contribution < 1.29 is 4.39 Å². The molecule has 118 valence electrons. The first kappa shape index (κ1) is 16.2. The Morgan fingerprint density at radius 2 is 2.14 bits per heavy atom. The Labute approximate surface area is 128 Å². The van der Waals surface area contributed by atoms with Gasteiger partial charge in [0.15, 0.2) is 0 Å². The molecule has 0 amide bonds. The lowest BCUT2D eigenvalue weighted by Gasteiger charge is -2.31. The summed E-state index contributed by atoms with van der Waals surface area (Å²) in [7, 11) is 4.23. The second kappa shape index (κ2) is 7.23. The predicted molar refractivity (Wildman–Crippen MR) is 87.3 cm³/mol. The van der Waals surface area contributed by atoms with Gasteiger partial charge in [0, 0.05) is 37.4 Å². The molecular formula is C17H28FN3. The molecule has 1 aliphatic heterocycles. The Kier molecular flexibility index (Phi) is 5.59. The monoisotopic (exact) mass is 293 g/mol. The van der Waals surface area contributed by atoms with Gasteiger partial charge in [-0.2, -0.15) is 0 Å². The zero-order chi connectivity index (χ0) is 15.4. The Bertz CT molecular complexity index is 459. The molecule has 0 aliphatic carbocycles. The smallest absolute Gasteiger partial charge is 0.123 e. The Hall–Kier alpha value is -1.13. The van der Waals surface area contributed by atoms with E-state index < -0.39 is 0 Å². The number of nitrogens with zero attached hydrogens (tertiary/aromatic N) is 2. The highest BCUT2D eigenvalue weighted by atomic mass is 19.1. The van der Waals surface area contributed by atoms with E-state index >= 15 is 0 Å². The van der Waals surface area contributed by atoms with Crippen LogP contribution in [0.25, 0.3) is 0 Å². The van der Waals surface area contributed by atoms with Crippen molar-refractivity contribution in [2.24, 2.45) is 0 Å². The molecule has 0 bridgehead atoms. The first-order chi connectivity index (χ1) is 9.97. The molecule has 4 heteroatoms. The van der Waals surface area contributed by atoms with E-state index in [1.54, 1.807) is 12.1 Å². The van der Waals surface area contributed by atoms with Gasteiger partial charge in [0.1, 0.15) is 5.82 Å². The molecule has 1 saturated heterocycles. The molecule has 1 aromatic carbocycles. The summed E-state index contributed by atoms with van der Waals surface area (Å²) in [4.78, 5) is 4.69. The summed E-state index contributed by atoms with van der Waals surface area (Å²) in [6.45, 7) is 7.07. The van der Waals surface area contributed by atoms with Crippen molar-refractivity contribution in [3.8, 4) is 0 Å². The molecule has 2 rings (SSSR count).